The van der Waals surface area contributed by atoms with E-state index in [1.165, 1.54) is 32.4 Å². The van der Waals surface area contributed by atoms with Crippen LogP contribution in [0.5, 0.6) is 0 Å². The average Bonchev–Trinajstić information content (AvgIpc) is 2.49. The Morgan fingerprint density at radius 3 is 2.43 bits per heavy atom. The van der Waals surface area contributed by atoms with Crippen LogP contribution in [0.25, 0.3) is 0 Å². The minimum absolute atomic E-state index is 0.0764. The monoisotopic (exact) mass is 358 g/mol. The highest BCUT2D eigenvalue weighted by Gasteiger charge is 2.18. The van der Waals surface area contributed by atoms with E-state index in [0.717, 1.165) is 0 Å². The van der Waals surface area contributed by atoms with Crippen molar-refractivity contribution in [3.8, 4) is 0 Å². The molecule has 0 bridgehead atoms. The van der Waals surface area contributed by atoms with Crippen molar-refractivity contribution in [1.82, 2.24) is 5.32 Å². The smallest absolute Gasteiger partial charge is 0.342 e. The van der Waals surface area contributed by atoms with Gasteiger partial charge in [0.2, 0.25) is 0 Å². The van der Waals surface area contributed by atoms with Gasteiger partial charge in [0.05, 0.1) is 28.4 Å². The van der Waals surface area contributed by atoms with Crippen LogP contribution in [-0.2, 0) is 14.3 Å². The fraction of sp³-hybridized carbons (Fsp3) is 0.267. The van der Waals surface area contributed by atoms with Gasteiger partial charge >= 0.3 is 5.97 Å². The lowest BCUT2D eigenvalue weighted by Crippen LogP contribution is -2.23. The standard InChI is InChI=1S/C15H16Cl2N2O4/c1-4-18-14(21)12-10(16)5-6-11(13(12)17)19-7-9(8(2)20)15(22)23-3/h5-7,19H,4H2,1-3H3,(H,18,21). The summed E-state index contributed by atoms with van der Waals surface area (Å²) in [4.78, 5) is 34.9. The number of rotatable bonds is 6. The summed E-state index contributed by atoms with van der Waals surface area (Å²) < 4.78 is 4.52. The maximum atomic E-state index is 12.0. The van der Waals surface area contributed by atoms with Crippen molar-refractivity contribution >= 4 is 46.5 Å². The van der Waals surface area contributed by atoms with Gasteiger partial charge in [0.1, 0.15) is 5.57 Å². The van der Waals surface area contributed by atoms with E-state index < -0.39 is 17.7 Å². The van der Waals surface area contributed by atoms with Crippen LogP contribution in [-0.4, -0.2) is 31.3 Å². The van der Waals surface area contributed by atoms with E-state index in [-0.39, 0.29) is 21.2 Å². The van der Waals surface area contributed by atoms with Gasteiger partial charge < -0.3 is 15.4 Å². The number of ketones is 1. The molecule has 0 fully saturated rings. The lowest BCUT2D eigenvalue weighted by Gasteiger charge is -2.12. The van der Waals surface area contributed by atoms with Gasteiger partial charge in [0, 0.05) is 12.7 Å². The maximum absolute atomic E-state index is 12.0. The Hall–Kier alpha value is -2.05. The van der Waals surface area contributed by atoms with Crippen LogP contribution in [0.15, 0.2) is 23.9 Å². The van der Waals surface area contributed by atoms with Crippen molar-refractivity contribution < 1.29 is 19.1 Å². The van der Waals surface area contributed by atoms with Crippen LogP contribution < -0.4 is 10.6 Å². The molecule has 0 aromatic heterocycles. The number of carbonyl (C=O) groups is 3. The van der Waals surface area contributed by atoms with Gasteiger partial charge in [0.15, 0.2) is 5.78 Å². The van der Waals surface area contributed by atoms with Crippen LogP contribution in [0.1, 0.15) is 24.2 Å². The van der Waals surface area contributed by atoms with Crippen LogP contribution >= 0.6 is 23.2 Å². The molecular weight excluding hydrogens is 343 g/mol. The van der Waals surface area contributed by atoms with Crippen molar-refractivity contribution in [3.05, 3.63) is 39.5 Å². The Bertz CT molecular complexity index is 672. The van der Waals surface area contributed by atoms with Gasteiger partial charge in [-0.3, -0.25) is 9.59 Å². The topological polar surface area (TPSA) is 84.5 Å². The van der Waals surface area contributed by atoms with Gasteiger partial charge in [-0.1, -0.05) is 23.2 Å². The van der Waals surface area contributed by atoms with E-state index >= 15 is 0 Å². The Morgan fingerprint density at radius 1 is 1.26 bits per heavy atom. The predicted octanol–water partition coefficient (Wildman–Crippen LogP) is 2.80. The van der Waals surface area contributed by atoms with E-state index in [1.807, 2.05) is 0 Å². The molecule has 0 atom stereocenters. The number of benzene rings is 1. The number of amides is 1. The summed E-state index contributed by atoms with van der Waals surface area (Å²) in [5.41, 5.74) is 0.245. The van der Waals surface area contributed by atoms with Crippen LogP contribution in [0, 0.1) is 0 Å². The second-order valence-electron chi connectivity index (χ2n) is 4.39. The molecule has 8 heteroatoms. The largest absolute Gasteiger partial charge is 0.465 e. The van der Waals surface area contributed by atoms with Gasteiger partial charge in [-0.05, 0) is 26.0 Å². The number of carbonyl (C=O) groups excluding carboxylic acids is 3. The Balaban J connectivity index is 3.20. The van der Waals surface area contributed by atoms with Crippen molar-refractivity contribution in [2.45, 2.75) is 13.8 Å². The Morgan fingerprint density at radius 2 is 1.91 bits per heavy atom. The zero-order valence-electron chi connectivity index (χ0n) is 12.8. The van der Waals surface area contributed by atoms with E-state index in [4.69, 9.17) is 23.2 Å². The third kappa shape index (κ3) is 4.71. The molecule has 0 heterocycles. The number of nitrogens with one attached hydrogen (secondary N) is 2. The van der Waals surface area contributed by atoms with Gasteiger partial charge in [-0.15, -0.1) is 0 Å². The van der Waals surface area contributed by atoms with Gasteiger partial charge in [-0.25, -0.2) is 4.79 Å². The van der Waals surface area contributed by atoms with E-state index in [2.05, 4.69) is 15.4 Å². The van der Waals surface area contributed by atoms with E-state index in [1.54, 1.807) is 6.92 Å². The Labute approximate surface area is 143 Å². The van der Waals surface area contributed by atoms with Crippen molar-refractivity contribution in [2.75, 3.05) is 19.0 Å². The summed E-state index contributed by atoms with van der Waals surface area (Å²) in [7, 11) is 1.17. The molecule has 0 saturated heterocycles. The summed E-state index contributed by atoms with van der Waals surface area (Å²) in [6.07, 6.45) is 1.17. The normalized spacial score (nSPS) is 10.9. The molecule has 0 spiro atoms. The lowest BCUT2D eigenvalue weighted by molar-refractivity contribution is -0.137. The molecule has 1 amide bonds. The molecule has 0 aliphatic rings. The molecule has 6 nitrogen and oxygen atoms in total. The molecule has 1 aromatic carbocycles. The minimum atomic E-state index is -0.779. The molecule has 1 aromatic rings. The first-order valence-electron chi connectivity index (χ1n) is 6.65. The number of hydrogen-bond acceptors (Lipinski definition) is 5. The second-order valence-corrected chi connectivity index (χ2v) is 5.18. The van der Waals surface area contributed by atoms with Crippen LogP contribution in [0.2, 0.25) is 10.0 Å². The quantitative estimate of drug-likeness (QED) is 0.353. The van der Waals surface area contributed by atoms with Crippen molar-refractivity contribution in [2.24, 2.45) is 0 Å². The highest BCUT2D eigenvalue weighted by molar-refractivity contribution is 6.41. The molecule has 0 saturated carbocycles. The minimum Gasteiger partial charge on any atom is -0.465 e. The number of ether oxygens (including phenoxy) is 1. The summed E-state index contributed by atoms with van der Waals surface area (Å²) in [5, 5.41) is 5.59. The highest BCUT2D eigenvalue weighted by atomic mass is 35.5. The number of methoxy groups -OCH3 is 1. The van der Waals surface area contributed by atoms with Gasteiger partial charge in [0.25, 0.3) is 5.91 Å². The summed E-state index contributed by atoms with van der Waals surface area (Å²) >= 11 is 12.2. The molecule has 124 valence electrons. The second kappa shape index (κ2) is 8.55. The lowest BCUT2D eigenvalue weighted by atomic mass is 10.1. The zero-order chi connectivity index (χ0) is 17.6. The fourth-order valence-electron chi connectivity index (χ4n) is 1.69. The highest BCUT2D eigenvalue weighted by Crippen LogP contribution is 2.31. The first-order valence-corrected chi connectivity index (χ1v) is 7.41. The molecule has 0 aliphatic heterocycles. The molecular formula is C15H16Cl2N2O4. The Kier molecular flexibility index (Phi) is 7.06. The average molecular weight is 359 g/mol. The van der Waals surface area contributed by atoms with E-state index in [9.17, 15) is 14.4 Å². The third-order valence-electron chi connectivity index (χ3n) is 2.81. The number of hydrogen-bond donors (Lipinski definition) is 2. The first kappa shape index (κ1) is 19.0. The summed E-state index contributed by atoms with van der Waals surface area (Å²) in [5.74, 6) is -1.67. The number of esters is 1. The fourth-order valence-corrected chi connectivity index (χ4v) is 2.28. The van der Waals surface area contributed by atoms with Crippen LogP contribution in [0.4, 0.5) is 5.69 Å². The molecule has 1 rings (SSSR count). The van der Waals surface area contributed by atoms with Crippen LogP contribution in [0.3, 0.4) is 0 Å². The molecule has 0 unspecified atom stereocenters. The molecule has 0 aliphatic carbocycles. The number of halogens is 2. The SMILES string of the molecule is CCNC(=O)c1c(Cl)ccc(NC=C(C(C)=O)C(=O)OC)c1Cl. The molecule has 2 N–H and O–H groups in total. The zero-order valence-corrected chi connectivity index (χ0v) is 14.3. The predicted molar refractivity (Wildman–Crippen MR) is 88.9 cm³/mol. The van der Waals surface area contributed by atoms with Crippen molar-refractivity contribution in [3.63, 3.8) is 0 Å². The summed E-state index contributed by atoms with van der Waals surface area (Å²) in [6.45, 7) is 3.41. The number of Topliss-reactive ketones (excluding diaryl/α,β-unsaturated/α-hetero) is 1. The number of anilines is 1. The first-order chi connectivity index (χ1) is 10.8. The molecule has 23 heavy (non-hydrogen) atoms. The third-order valence-corrected chi connectivity index (χ3v) is 3.52. The van der Waals surface area contributed by atoms with E-state index in [0.29, 0.717) is 12.2 Å². The molecule has 0 radical (unpaired) electrons. The maximum Gasteiger partial charge on any atom is 0.342 e. The van der Waals surface area contributed by atoms with Gasteiger partial charge in [-0.2, -0.15) is 0 Å². The van der Waals surface area contributed by atoms with Crippen molar-refractivity contribution in [1.29, 1.82) is 0 Å². The summed E-state index contributed by atoms with van der Waals surface area (Å²) in [6, 6.07) is 3.01.